The highest BCUT2D eigenvalue weighted by Crippen LogP contribution is 2.23. The Kier molecular flexibility index (Phi) is 7.61. The van der Waals surface area contributed by atoms with E-state index in [-0.39, 0.29) is 16.6 Å². The van der Waals surface area contributed by atoms with Crippen molar-refractivity contribution < 1.29 is 19.4 Å². The van der Waals surface area contributed by atoms with Crippen LogP contribution >= 0.6 is 12.2 Å². The molecule has 2 N–H and O–H groups in total. The third-order valence-corrected chi connectivity index (χ3v) is 5.28. The number of amides is 2. The van der Waals surface area contributed by atoms with E-state index in [0.717, 1.165) is 43.9 Å². The molecule has 0 saturated carbocycles. The van der Waals surface area contributed by atoms with Crippen LogP contribution < -0.4 is 10.6 Å². The summed E-state index contributed by atoms with van der Waals surface area (Å²) >= 11 is 5.13. The van der Waals surface area contributed by atoms with Gasteiger partial charge in [0, 0.05) is 36.5 Å². The molecule has 2 amide bonds. The predicted molar refractivity (Wildman–Crippen MR) is 124 cm³/mol. The van der Waals surface area contributed by atoms with Crippen LogP contribution in [0.25, 0.3) is 0 Å². The Labute approximate surface area is 194 Å². The number of anilines is 1. The molecule has 0 aliphatic carbocycles. The fourth-order valence-corrected chi connectivity index (χ4v) is 3.67. The number of nitrogens with zero attached hydrogens (tertiary/aromatic N) is 3. The third-order valence-electron chi connectivity index (χ3n) is 5.07. The van der Waals surface area contributed by atoms with Gasteiger partial charge in [-0.1, -0.05) is 18.9 Å². The van der Waals surface area contributed by atoms with E-state index in [1.807, 2.05) is 4.90 Å². The lowest BCUT2D eigenvalue weighted by atomic mass is 10.1. The van der Waals surface area contributed by atoms with Gasteiger partial charge in [0.2, 0.25) is 0 Å². The van der Waals surface area contributed by atoms with E-state index < -0.39 is 27.1 Å². The van der Waals surface area contributed by atoms with Crippen LogP contribution in [0.15, 0.2) is 42.5 Å². The van der Waals surface area contributed by atoms with Gasteiger partial charge in [-0.15, -0.1) is 0 Å². The van der Waals surface area contributed by atoms with Crippen molar-refractivity contribution in [1.29, 1.82) is 0 Å². The Morgan fingerprint density at radius 1 is 0.879 bits per heavy atom. The number of thiocarbonyl (C=S) groups is 1. The molecule has 12 heteroatoms. The van der Waals surface area contributed by atoms with E-state index >= 15 is 0 Å². The fourth-order valence-electron chi connectivity index (χ4n) is 3.46. The number of rotatable bonds is 5. The van der Waals surface area contributed by atoms with Gasteiger partial charge in [0.05, 0.1) is 21.5 Å². The first-order valence-electron chi connectivity index (χ1n) is 10.2. The second-order valence-electron chi connectivity index (χ2n) is 7.45. The number of non-ortho nitro benzene ring substituents is 2. The lowest BCUT2D eigenvalue weighted by Gasteiger charge is -2.20. The number of carbonyl (C=O) groups excluding carboxylic acids is 2. The molecule has 0 aromatic heterocycles. The minimum absolute atomic E-state index is 0.0839. The van der Waals surface area contributed by atoms with Gasteiger partial charge >= 0.3 is 0 Å². The van der Waals surface area contributed by atoms with Crippen molar-refractivity contribution >= 4 is 46.2 Å². The Balaban J connectivity index is 1.69. The van der Waals surface area contributed by atoms with Crippen molar-refractivity contribution in [1.82, 2.24) is 10.2 Å². The summed E-state index contributed by atoms with van der Waals surface area (Å²) in [6.07, 6.45) is 4.14. The summed E-state index contributed by atoms with van der Waals surface area (Å²) in [5.41, 5.74) is -0.526. The molecule has 33 heavy (non-hydrogen) atoms. The molecule has 11 nitrogen and oxygen atoms in total. The monoisotopic (exact) mass is 471 g/mol. The highest BCUT2D eigenvalue weighted by molar-refractivity contribution is 7.80. The molecule has 0 bridgehead atoms. The van der Waals surface area contributed by atoms with Gasteiger partial charge in [-0.25, -0.2) is 0 Å². The van der Waals surface area contributed by atoms with E-state index in [1.165, 1.54) is 0 Å². The summed E-state index contributed by atoms with van der Waals surface area (Å²) in [4.78, 5) is 47.5. The minimum Gasteiger partial charge on any atom is -0.339 e. The highest BCUT2D eigenvalue weighted by Gasteiger charge is 2.21. The number of hydrogen-bond acceptors (Lipinski definition) is 7. The maximum absolute atomic E-state index is 12.8. The number of nitro groups is 2. The summed E-state index contributed by atoms with van der Waals surface area (Å²) in [6.45, 7) is 1.42. The Morgan fingerprint density at radius 2 is 1.48 bits per heavy atom. The number of nitro benzene ring substituents is 2. The van der Waals surface area contributed by atoms with Crippen molar-refractivity contribution in [2.75, 3.05) is 18.4 Å². The maximum atomic E-state index is 12.8. The van der Waals surface area contributed by atoms with E-state index in [1.54, 1.807) is 24.3 Å². The largest absolute Gasteiger partial charge is 0.339 e. The smallest absolute Gasteiger partial charge is 0.277 e. The van der Waals surface area contributed by atoms with Gasteiger partial charge in [-0.2, -0.15) is 0 Å². The molecule has 0 radical (unpaired) electrons. The quantitative estimate of drug-likeness (QED) is 0.381. The van der Waals surface area contributed by atoms with E-state index in [9.17, 15) is 29.8 Å². The number of hydrogen-bond donors (Lipinski definition) is 2. The minimum atomic E-state index is -0.851. The fraction of sp³-hybridized carbons (Fsp3) is 0.286. The molecule has 1 heterocycles. The van der Waals surface area contributed by atoms with Gasteiger partial charge in [0.1, 0.15) is 0 Å². The highest BCUT2D eigenvalue weighted by atomic mass is 32.1. The van der Waals surface area contributed by atoms with Crippen molar-refractivity contribution in [2.24, 2.45) is 0 Å². The van der Waals surface area contributed by atoms with Crippen LogP contribution in [0, 0.1) is 20.2 Å². The van der Waals surface area contributed by atoms with Gasteiger partial charge in [-0.05, 0) is 43.3 Å². The number of carbonyl (C=O) groups is 2. The molecule has 1 aliphatic rings. The average Bonchev–Trinajstić information content (AvgIpc) is 3.07. The van der Waals surface area contributed by atoms with Crippen LogP contribution in [0.5, 0.6) is 0 Å². The molecule has 172 valence electrons. The lowest BCUT2D eigenvalue weighted by molar-refractivity contribution is -0.394. The molecule has 1 aliphatic heterocycles. The van der Waals surface area contributed by atoms with Crippen LogP contribution in [0.1, 0.15) is 46.4 Å². The Hall–Kier alpha value is -3.93. The molecular formula is C21H21N5O6S. The Morgan fingerprint density at radius 3 is 2.06 bits per heavy atom. The first-order chi connectivity index (χ1) is 15.7. The molecular weight excluding hydrogens is 450 g/mol. The molecule has 2 aromatic rings. The first kappa shape index (κ1) is 23.7. The molecule has 0 atom stereocenters. The zero-order chi connectivity index (χ0) is 24.0. The van der Waals surface area contributed by atoms with E-state index in [2.05, 4.69) is 10.6 Å². The van der Waals surface area contributed by atoms with Crippen molar-refractivity contribution in [2.45, 2.75) is 25.7 Å². The molecule has 1 fully saturated rings. The molecule has 2 aromatic carbocycles. The van der Waals surface area contributed by atoms with Crippen molar-refractivity contribution in [3.05, 3.63) is 73.8 Å². The second kappa shape index (κ2) is 10.6. The second-order valence-corrected chi connectivity index (χ2v) is 7.86. The Bertz CT molecular complexity index is 1080. The summed E-state index contributed by atoms with van der Waals surface area (Å²) in [6, 6.07) is 9.26. The SMILES string of the molecule is O=C(NC(=S)Nc1cccc(C(=O)N2CCCCCC2)c1)c1cc([N+](=O)[O-])cc([N+](=O)[O-])c1. The molecule has 1 saturated heterocycles. The first-order valence-corrected chi connectivity index (χ1v) is 10.6. The van der Waals surface area contributed by atoms with Crippen LogP contribution in [0.2, 0.25) is 0 Å². The molecule has 0 unspecified atom stereocenters. The van der Waals surface area contributed by atoms with Crippen LogP contribution in [0.3, 0.4) is 0 Å². The van der Waals surface area contributed by atoms with E-state index in [4.69, 9.17) is 12.2 Å². The van der Waals surface area contributed by atoms with Crippen LogP contribution in [-0.4, -0.2) is 44.8 Å². The van der Waals surface area contributed by atoms with Crippen molar-refractivity contribution in [3.8, 4) is 0 Å². The van der Waals surface area contributed by atoms with Crippen molar-refractivity contribution in [3.63, 3.8) is 0 Å². The maximum Gasteiger partial charge on any atom is 0.277 e. The van der Waals surface area contributed by atoms with Gasteiger partial charge in [0.25, 0.3) is 23.2 Å². The van der Waals surface area contributed by atoms with Crippen LogP contribution in [0.4, 0.5) is 17.1 Å². The lowest BCUT2D eigenvalue weighted by Crippen LogP contribution is -2.34. The zero-order valence-corrected chi connectivity index (χ0v) is 18.3. The number of benzene rings is 2. The average molecular weight is 471 g/mol. The van der Waals surface area contributed by atoms with Gasteiger partial charge in [-0.3, -0.25) is 35.1 Å². The number of likely N-dealkylation sites (tertiary alicyclic amines) is 1. The number of nitrogens with one attached hydrogen (secondary N) is 2. The molecule has 3 rings (SSSR count). The zero-order valence-electron chi connectivity index (χ0n) is 17.5. The summed E-state index contributed by atoms with van der Waals surface area (Å²) in [5, 5.41) is 27.0. The predicted octanol–water partition coefficient (Wildman–Crippen LogP) is 3.65. The third kappa shape index (κ3) is 6.29. The standard InChI is InChI=1S/C21H21N5O6S/c27-19(15-11-17(25(29)30)13-18(12-15)26(31)32)23-21(33)22-16-7-5-6-14(10-16)20(28)24-8-3-1-2-4-9-24/h5-7,10-13H,1-4,8-9H2,(H2,22,23,27,33). The van der Waals surface area contributed by atoms with Crippen LogP contribution in [-0.2, 0) is 0 Å². The summed E-state index contributed by atoms with van der Waals surface area (Å²) < 4.78 is 0. The van der Waals surface area contributed by atoms with E-state index in [0.29, 0.717) is 24.3 Å². The molecule has 0 spiro atoms. The summed E-state index contributed by atoms with van der Waals surface area (Å²) in [5.74, 6) is -0.935. The topological polar surface area (TPSA) is 148 Å². The van der Waals surface area contributed by atoms with Gasteiger partial charge < -0.3 is 10.2 Å². The summed E-state index contributed by atoms with van der Waals surface area (Å²) in [7, 11) is 0. The van der Waals surface area contributed by atoms with Gasteiger partial charge in [0.15, 0.2) is 5.11 Å². The normalized spacial score (nSPS) is 13.5.